The van der Waals surface area contributed by atoms with Crippen LogP contribution in [-0.4, -0.2) is 20.2 Å². The summed E-state index contributed by atoms with van der Waals surface area (Å²) < 4.78 is 13.0. The SMILES string of the molecule is Fc1ccc(Nc2ncnc3[nH]ncc23)cc1Cl. The molecule has 0 bridgehead atoms. The van der Waals surface area contributed by atoms with Crippen molar-refractivity contribution < 1.29 is 4.39 Å². The molecule has 3 rings (SSSR count). The van der Waals surface area contributed by atoms with Gasteiger partial charge in [-0.15, -0.1) is 0 Å². The zero-order valence-electron chi connectivity index (χ0n) is 8.98. The highest BCUT2D eigenvalue weighted by atomic mass is 35.5. The number of aromatic nitrogens is 4. The zero-order chi connectivity index (χ0) is 12.5. The predicted molar refractivity (Wildman–Crippen MR) is 66.4 cm³/mol. The highest BCUT2D eigenvalue weighted by Crippen LogP contribution is 2.24. The van der Waals surface area contributed by atoms with Gasteiger partial charge in [0.25, 0.3) is 0 Å². The number of halogens is 2. The summed E-state index contributed by atoms with van der Waals surface area (Å²) in [6.45, 7) is 0. The summed E-state index contributed by atoms with van der Waals surface area (Å²) in [6.07, 6.45) is 3.02. The van der Waals surface area contributed by atoms with Gasteiger partial charge in [0.15, 0.2) is 5.65 Å². The smallest absolute Gasteiger partial charge is 0.160 e. The molecule has 3 aromatic rings. The van der Waals surface area contributed by atoms with Gasteiger partial charge in [0.05, 0.1) is 16.6 Å². The third-order valence-electron chi connectivity index (χ3n) is 2.43. The molecule has 0 spiro atoms. The highest BCUT2D eigenvalue weighted by molar-refractivity contribution is 6.31. The Balaban J connectivity index is 2.01. The van der Waals surface area contributed by atoms with Crippen molar-refractivity contribution in [1.82, 2.24) is 20.2 Å². The molecule has 7 heteroatoms. The van der Waals surface area contributed by atoms with Crippen molar-refractivity contribution in [3.8, 4) is 0 Å². The largest absolute Gasteiger partial charge is 0.339 e. The molecule has 0 saturated heterocycles. The van der Waals surface area contributed by atoms with E-state index >= 15 is 0 Å². The average molecular weight is 264 g/mol. The number of benzene rings is 1. The molecule has 0 amide bonds. The fourth-order valence-corrected chi connectivity index (χ4v) is 1.76. The number of fused-ring (bicyclic) bond motifs is 1. The van der Waals surface area contributed by atoms with Gasteiger partial charge in [-0.2, -0.15) is 5.10 Å². The topological polar surface area (TPSA) is 66.5 Å². The van der Waals surface area contributed by atoms with Crippen molar-refractivity contribution in [2.45, 2.75) is 0 Å². The molecule has 0 aliphatic heterocycles. The number of H-pyrrole nitrogens is 1. The predicted octanol–water partition coefficient (Wildman–Crippen LogP) is 2.89. The number of hydrogen-bond donors (Lipinski definition) is 2. The van der Waals surface area contributed by atoms with Crippen molar-refractivity contribution in [2.24, 2.45) is 0 Å². The minimum Gasteiger partial charge on any atom is -0.339 e. The van der Waals surface area contributed by atoms with Gasteiger partial charge in [0.2, 0.25) is 0 Å². The van der Waals surface area contributed by atoms with Crippen LogP contribution in [0.1, 0.15) is 0 Å². The quantitative estimate of drug-likeness (QED) is 0.746. The second kappa shape index (κ2) is 4.23. The van der Waals surface area contributed by atoms with E-state index in [-0.39, 0.29) is 5.02 Å². The molecule has 2 N–H and O–H groups in total. The van der Waals surface area contributed by atoms with Crippen molar-refractivity contribution in [3.05, 3.63) is 41.6 Å². The minimum absolute atomic E-state index is 0.0532. The summed E-state index contributed by atoms with van der Waals surface area (Å²) in [6, 6.07) is 4.36. The van der Waals surface area contributed by atoms with Crippen LogP contribution in [0.3, 0.4) is 0 Å². The van der Waals surface area contributed by atoms with Crippen LogP contribution in [0, 0.1) is 5.82 Å². The standard InChI is InChI=1S/C11H7ClFN5/c12-8-3-6(1-2-9(8)13)17-10-7-4-16-18-11(7)15-5-14-10/h1-5H,(H2,14,15,16,17,18). The van der Waals surface area contributed by atoms with E-state index in [1.807, 2.05) is 0 Å². The zero-order valence-corrected chi connectivity index (χ0v) is 9.74. The van der Waals surface area contributed by atoms with Crippen LogP contribution >= 0.6 is 11.6 Å². The third-order valence-corrected chi connectivity index (χ3v) is 2.72. The summed E-state index contributed by atoms with van der Waals surface area (Å²) in [5.74, 6) is 0.120. The van der Waals surface area contributed by atoms with Gasteiger partial charge in [-0.25, -0.2) is 14.4 Å². The minimum atomic E-state index is -0.460. The molecule has 2 heterocycles. The molecule has 0 aliphatic carbocycles. The van der Waals surface area contributed by atoms with Gasteiger partial charge in [0.1, 0.15) is 18.0 Å². The molecular weight excluding hydrogens is 257 g/mol. The number of anilines is 2. The lowest BCUT2D eigenvalue weighted by Crippen LogP contribution is -1.95. The van der Waals surface area contributed by atoms with Crippen molar-refractivity contribution in [2.75, 3.05) is 5.32 Å². The van der Waals surface area contributed by atoms with Crippen LogP contribution in [0.15, 0.2) is 30.7 Å². The Morgan fingerprint density at radius 3 is 3.00 bits per heavy atom. The summed E-state index contributed by atoms with van der Waals surface area (Å²) in [5, 5.41) is 10.5. The molecule has 90 valence electrons. The number of aromatic amines is 1. The van der Waals surface area contributed by atoms with Gasteiger partial charge >= 0.3 is 0 Å². The molecular formula is C11H7ClFN5. The van der Waals surface area contributed by atoms with E-state index in [4.69, 9.17) is 11.6 Å². The second-order valence-electron chi connectivity index (χ2n) is 3.61. The molecule has 18 heavy (non-hydrogen) atoms. The molecule has 0 fully saturated rings. The van der Waals surface area contributed by atoms with Crippen LogP contribution < -0.4 is 5.32 Å². The van der Waals surface area contributed by atoms with Crippen molar-refractivity contribution >= 4 is 34.1 Å². The Kier molecular flexibility index (Phi) is 2.56. The fraction of sp³-hybridized carbons (Fsp3) is 0. The Morgan fingerprint density at radius 1 is 1.28 bits per heavy atom. The molecule has 1 aromatic carbocycles. The van der Waals surface area contributed by atoms with E-state index in [1.54, 1.807) is 12.3 Å². The first-order chi connectivity index (χ1) is 8.74. The fourth-order valence-electron chi connectivity index (χ4n) is 1.58. The van der Waals surface area contributed by atoms with Gasteiger partial charge in [-0.05, 0) is 18.2 Å². The van der Waals surface area contributed by atoms with Gasteiger partial charge in [-0.3, -0.25) is 5.10 Å². The van der Waals surface area contributed by atoms with E-state index in [9.17, 15) is 4.39 Å². The van der Waals surface area contributed by atoms with E-state index in [0.29, 0.717) is 17.2 Å². The number of nitrogens with one attached hydrogen (secondary N) is 2. The number of hydrogen-bond acceptors (Lipinski definition) is 4. The second-order valence-corrected chi connectivity index (χ2v) is 4.02. The Labute approximate surface area is 106 Å². The van der Waals surface area contributed by atoms with E-state index in [0.717, 1.165) is 5.39 Å². The normalized spacial score (nSPS) is 10.8. The lowest BCUT2D eigenvalue weighted by molar-refractivity contribution is 0.628. The molecule has 0 saturated carbocycles. The van der Waals surface area contributed by atoms with Crippen LogP contribution in [0.4, 0.5) is 15.9 Å². The van der Waals surface area contributed by atoms with Crippen LogP contribution in [0.5, 0.6) is 0 Å². The highest BCUT2D eigenvalue weighted by Gasteiger charge is 2.06. The van der Waals surface area contributed by atoms with Gasteiger partial charge in [-0.1, -0.05) is 11.6 Å². The van der Waals surface area contributed by atoms with E-state index in [2.05, 4.69) is 25.5 Å². The van der Waals surface area contributed by atoms with Gasteiger partial charge < -0.3 is 5.32 Å². The molecule has 0 aliphatic rings. The van der Waals surface area contributed by atoms with Crippen LogP contribution in [0.2, 0.25) is 5.02 Å². The lowest BCUT2D eigenvalue weighted by Gasteiger charge is -2.06. The third kappa shape index (κ3) is 1.86. The van der Waals surface area contributed by atoms with Gasteiger partial charge in [0, 0.05) is 5.69 Å². The van der Waals surface area contributed by atoms with Crippen molar-refractivity contribution in [3.63, 3.8) is 0 Å². The maximum absolute atomic E-state index is 13.0. The molecule has 0 unspecified atom stereocenters. The summed E-state index contributed by atoms with van der Waals surface area (Å²) in [4.78, 5) is 8.13. The molecule has 5 nitrogen and oxygen atoms in total. The summed E-state index contributed by atoms with van der Waals surface area (Å²) >= 11 is 5.71. The average Bonchev–Trinajstić information content (AvgIpc) is 2.83. The number of rotatable bonds is 2. The Morgan fingerprint density at radius 2 is 2.17 bits per heavy atom. The summed E-state index contributed by atoms with van der Waals surface area (Å²) in [7, 11) is 0. The first-order valence-corrected chi connectivity index (χ1v) is 5.48. The van der Waals surface area contributed by atoms with E-state index < -0.39 is 5.82 Å². The maximum atomic E-state index is 13.0. The Bertz CT molecular complexity index is 711. The molecule has 0 atom stereocenters. The summed E-state index contributed by atoms with van der Waals surface area (Å²) in [5.41, 5.74) is 1.27. The van der Waals surface area contributed by atoms with Crippen LogP contribution in [-0.2, 0) is 0 Å². The molecule has 0 radical (unpaired) electrons. The molecule has 2 aromatic heterocycles. The lowest BCUT2D eigenvalue weighted by atomic mass is 10.3. The first-order valence-electron chi connectivity index (χ1n) is 5.10. The first kappa shape index (κ1) is 10.9. The monoisotopic (exact) mass is 263 g/mol. The van der Waals surface area contributed by atoms with Crippen molar-refractivity contribution in [1.29, 1.82) is 0 Å². The Hall–Kier alpha value is -2.21. The van der Waals surface area contributed by atoms with Crippen LogP contribution in [0.25, 0.3) is 11.0 Å². The van der Waals surface area contributed by atoms with E-state index in [1.165, 1.54) is 18.5 Å². The number of nitrogens with zero attached hydrogens (tertiary/aromatic N) is 3. The maximum Gasteiger partial charge on any atom is 0.160 e.